The van der Waals surface area contributed by atoms with Crippen molar-refractivity contribution in [2.24, 2.45) is 0 Å². The van der Waals surface area contributed by atoms with Crippen LogP contribution in [0.2, 0.25) is 0 Å². The summed E-state index contributed by atoms with van der Waals surface area (Å²) in [6, 6.07) is 19.6. The predicted molar refractivity (Wildman–Crippen MR) is 112 cm³/mol. The molecular weight excluding hydrogens is 346 g/mol. The van der Waals surface area contributed by atoms with Crippen LogP contribution in [0.25, 0.3) is 10.9 Å². The van der Waals surface area contributed by atoms with Crippen LogP contribution in [0.15, 0.2) is 54.6 Å². The molecule has 3 aromatic rings. The number of H-pyrrole nitrogens is 1. The van der Waals surface area contributed by atoms with Crippen molar-refractivity contribution in [1.29, 1.82) is 0 Å². The number of amides is 1. The van der Waals surface area contributed by atoms with Gasteiger partial charge in [-0.25, -0.2) is 0 Å². The first kappa shape index (κ1) is 17.5. The van der Waals surface area contributed by atoms with Crippen molar-refractivity contribution in [3.8, 4) is 0 Å². The third-order valence-corrected chi connectivity index (χ3v) is 6.62. The summed E-state index contributed by atoms with van der Waals surface area (Å²) in [6.07, 6.45) is 5.35. The van der Waals surface area contributed by atoms with E-state index in [1.165, 1.54) is 27.7 Å². The minimum atomic E-state index is 0.142. The molecule has 2 N–H and O–H groups in total. The highest BCUT2D eigenvalue weighted by molar-refractivity contribution is 5.85. The molecule has 0 bridgehead atoms. The van der Waals surface area contributed by atoms with E-state index in [0.29, 0.717) is 5.92 Å². The van der Waals surface area contributed by atoms with Crippen LogP contribution in [0.3, 0.4) is 0 Å². The van der Waals surface area contributed by atoms with Crippen molar-refractivity contribution in [2.45, 2.75) is 43.7 Å². The molecule has 0 spiro atoms. The van der Waals surface area contributed by atoms with Gasteiger partial charge in [0.25, 0.3) is 0 Å². The summed E-state index contributed by atoms with van der Waals surface area (Å²) in [5.74, 6) is 0.329. The van der Waals surface area contributed by atoms with E-state index < -0.39 is 0 Å². The highest BCUT2D eigenvalue weighted by atomic mass is 16.1. The molecule has 0 radical (unpaired) electrons. The first-order valence-corrected chi connectivity index (χ1v) is 10.4. The summed E-state index contributed by atoms with van der Waals surface area (Å²) < 4.78 is 0. The zero-order valence-corrected chi connectivity index (χ0v) is 16.1. The minimum Gasteiger partial charge on any atom is -0.356 e. The largest absolute Gasteiger partial charge is 0.356 e. The number of benzene rings is 2. The number of carbonyl (C=O) groups is 1. The first-order chi connectivity index (χ1) is 13.9. The average Bonchev–Trinajstić information content (AvgIpc) is 3.15. The molecule has 1 aliphatic heterocycles. The fraction of sp³-hybridized carbons (Fsp3) is 0.375. The molecule has 3 unspecified atom stereocenters. The van der Waals surface area contributed by atoms with Gasteiger partial charge in [0, 0.05) is 35.1 Å². The quantitative estimate of drug-likeness (QED) is 0.675. The molecule has 2 heterocycles. The molecular formula is C24H27N3O. The zero-order chi connectivity index (χ0) is 18.9. The Balaban J connectivity index is 1.53. The van der Waals surface area contributed by atoms with Gasteiger partial charge in [-0.2, -0.15) is 0 Å². The monoisotopic (exact) mass is 373 g/mol. The number of para-hydroxylation sites is 1. The summed E-state index contributed by atoms with van der Waals surface area (Å²) in [7, 11) is 0. The van der Waals surface area contributed by atoms with Gasteiger partial charge in [0.05, 0.1) is 6.04 Å². The highest BCUT2D eigenvalue weighted by Crippen LogP contribution is 2.41. The summed E-state index contributed by atoms with van der Waals surface area (Å²) in [4.78, 5) is 18.2. The standard InChI is InChI=1S/C24H27N3O/c28-16-27(22-13-14-25-15-20(22)17-7-2-1-3-8-17)23-12-6-10-19-18-9-4-5-11-21(18)26-24(19)23/h1-5,7-9,11,16,20,22-23,25-26H,6,10,12-15H2. The van der Waals surface area contributed by atoms with Crippen LogP contribution in [0, 0.1) is 0 Å². The van der Waals surface area contributed by atoms with Crippen LogP contribution in [0.5, 0.6) is 0 Å². The molecule has 1 saturated heterocycles. The molecule has 28 heavy (non-hydrogen) atoms. The van der Waals surface area contributed by atoms with E-state index in [4.69, 9.17) is 0 Å². The van der Waals surface area contributed by atoms with Gasteiger partial charge in [-0.15, -0.1) is 0 Å². The second-order valence-electron chi connectivity index (χ2n) is 8.10. The van der Waals surface area contributed by atoms with Gasteiger partial charge in [-0.3, -0.25) is 4.79 Å². The van der Waals surface area contributed by atoms with Gasteiger partial charge in [0.1, 0.15) is 0 Å². The molecule has 3 atom stereocenters. The topological polar surface area (TPSA) is 48.1 Å². The predicted octanol–water partition coefficient (Wildman–Crippen LogP) is 4.15. The van der Waals surface area contributed by atoms with Crippen molar-refractivity contribution in [3.05, 3.63) is 71.4 Å². The normalized spacial score (nSPS) is 24.6. The number of aromatic amines is 1. The Labute approximate surface area is 165 Å². The van der Waals surface area contributed by atoms with E-state index >= 15 is 0 Å². The van der Waals surface area contributed by atoms with Crippen LogP contribution in [0.1, 0.15) is 48.0 Å². The number of nitrogens with zero attached hydrogens (tertiary/aromatic N) is 1. The molecule has 1 aliphatic carbocycles. The van der Waals surface area contributed by atoms with E-state index in [0.717, 1.165) is 45.2 Å². The van der Waals surface area contributed by atoms with Crippen molar-refractivity contribution >= 4 is 17.3 Å². The van der Waals surface area contributed by atoms with E-state index in [-0.39, 0.29) is 12.1 Å². The lowest BCUT2D eigenvalue weighted by Crippen LogP contribution is -2.49. The lowest BCUT2D eigenvalue weighted by Gasteiger charge is -2.43. The van der Waals surface area contributed by atoms with Gasteiger partial charge < -0.3 is 15.2 Å². The van der Waals surface area contributed by atoms with Crippen LogP contribution in [-0.4, -0.2) is 35.4 Å². The number of aryl methyl sites for hydroxylation is 1. The maximum absolute atomic E-state index is 12.4. The summed E-state index contributed by atoms with van der Waals surface area (Å²) in [5.41, 5.74) is 5.17. The van der Waals surface area contributed by atoms with E-state index in [1.54, 1.807) is 0 Å². The van der Waals surface area contributed by atoms with Crippen molar-refractivity contribution in [3.63, 3.8) is 0 Å². The molecule has 1 amide bonds. The summed E-state index contributed by atoms with van der Waals surface area (Å²) in [5, 5.41) is 4.85. The van der Waals surface area contributed by atoms with E-state index in [2.05, 4.69) is 69.8 Å². The highest BCUT2D eigenvalue weighted by Gasteiger charge is 2.37. The minimum absolute atomic E-state index is 0.142. The molecule has 1 aromatic heterocycles. The Bertz CT molecular complexity index is 964. The van der Waals surface area contributed by atoms with Crippen LogP contribution < -0.4 is 5.32 Å². The first-order valence-electron chi connectivity index (χ1n) is 10.4. The number of hydrogen-bond donors (Lipinski definition) is 2. The Kier molecular flexibility index (Phi) is 4.65. The number of hydrogen-bond acceptors (Lipinski definition) is 2. The van der Waals surface area contributed by atoms with Crippen molar-refractivity contribution < 1.29 is 4.79 Å². The SMILES string of the molecule is O=CN(C1CCCc2c1[nH]c1ccccc21)C1CCNCC1c1ccccc1. The molecule has 4 nitrogen and oxygen atoms in total. The molecule has 144 valence electrons. The third-order valence-electron chi connectivity index (χ3n) is 6.62. The van der Waals surface area contributed by atoms with E-state index in [9.17, 15) is 4.79 Å². The van der Waals surface area contributed by atoms with Crippen LogP contribution in [0.4, 0.5) is 0 Å². The number of rotatable bonds is 4. The number of aromatic nitrogens is 1. The molecule has 2 aliphatic rings. The van der Waals surface area contributed by atoms with Gasteiger partial charge in [-0.1, -0.05) is 48.5 Å². The van der Waals surface area contributed by atoms with Crippen LogP contribution in [-0.2, 0) is 11.2 Å². The van der Waals surface area contributed by atoms with Gasteiger partial charge in [0.15, 0.2) is 0 Å². The zero-order valence-electron chi connectivity index (χ0n) is 16.1. The van der Waals surface area contributed by atoms with Crippen molar-refractivity contribution in [2.75, 3.05) is 13.1 Å². The fourth-order valence-electron chi connectivity index (χ4n) is 5.31. The van der Waals surface area contributed by atoms with Crippen molar-refractivity contribution in [1.82, 2.24) is 15.2 Å². The lowest BCUT2D eigenvalue weighted by molar-refractivity contribution is -0.124. The van der Waals surface area contributed by atoms with E-state index in [1.807, 2.05) is 0 Å². The second-order valence-corrected chi connectivity index (χ2v) is 8.10. The Hall–Kier alpha value is -2.59. The Morgan fingerprint density at radius 1 is 1.00 bits per heavy atom. The van der Waals surface area contributed by atoms with Gasteiger partial charge in [-0.05, 0) is 49.4 Å². The summed E-state index contributed by atoms with van der Waals surface area (Å²) >= 11 is 0. The number of piperidine rings is 1. The van der Waals surface area contributed by atoms with Gasteiger partial charge in [0.2, 0.25) is 6.41 Å². The second kappa shape index (κ2) is 7.44. The maximum Gasteiger partial charge on any atom is 0.210 e. The maximum atomic E-state index is 12.4. The molecule has 5 rings (SSSR count). The third kappa shape index (κ3) is 2.92. The number of fused-ring (bicyclic) bond motifs is 3. The smallest absolute Gasteiger partial charge is 0.210 e. The Morgan fingerprint density at radius 2 is 1.82 bits per heavy atom. The number of nitrogens with one attached hydrogen (secondary N) is 2. The van der Waals surface area contributed by atoms with Gasteiger partial charge >= 0.3 is 0 Å². The lowest BCUT2D eigenvalue weighted by atomic mass is 9.83. The molecule has 1 fully saturated rings. The molecule has 4 heteroatoms. The summed E-state index contributed by atoms with van der Waals surface area (Å²) in [6.45, 7) is 1.88. The number of carbonyl (C=O) groups excluding carboxylic acids is 1. The van der Waals surface area contributed by atoms with Crippen LogP contribution >= 0.6 is 0 Å². The molecule has 0 saturated carbocycles. The molecule has 2 aromatic carbocycles. The average molecular weight is 374 g/mol. The fourth-order valence-corrected chi connectivity index (χ4v) is 5.31. The Morgan fingerprint density at radius 3 is 2.68 bits per heavy atom.